The summed E-state index contributed by atoms with van der Waals surface area (Å²) < 4.78 is 0. The lowest BCUT2D eigenvalue weighted by atomic mass is 10.0. The van der Waals surface area contributed by atoms with Gasteiger partial charge in [-0.25, -0.2) is 0 Å². The second-order valence-electron chi connectivity index (χ2n) is 7.72. The standard InChI is InChI=1S/C17H30.2C6H12/c1-6-9-15(4)12-13-17(11-8-3)14-16(5)10-7-2;2*1-3-5-6-4-2/h9,13-14H,6-8,10-12H2,1-5H3;3,5H,4,6H2,1-2H3;3H,1,4-6H2,2H3. The van der Waals surface area contributed by atoms with Gasteiger partial charge in [-0.15, -0.1) is 6.58 Å². The molecule has 0 aromatic carbocycles. The Labute approximate surface area is 186 Å². The predicted molar refractivity (Wildman–Crippen MR) is 140 cm³/mol. The van der Waals surface area contributed by atoms with Gasteiger partial charge in [0.25, 0.3) is 0 Å². The van der Waals surface area contributed by atoms with Crippen molar-refractivity contribution in [2.75, 3.05) is 0 Å². The van der Waals surface area contributed by atoms with Crippen LogP contribution in [0.1, 0.15) is 126 Å². The second-order valence-corrected chi connectivity index (χ2v) is 7.72. The lowest BCUT2D eigenvalue weighted by molar-refractivity contribution is 0.816. The molecule has 0 heterocycles. The van der Waals surface area contributed by atoms with Crippen LogP contribution in [0.4, 0.5) is 0 Å². The molecule has 0 aliphatic carbocycles. The van der Waals surface area contributed by atoms with Crippen LogP contribution in [0.25, 0.3) is 0 Å². The van der Waals surface area contributed by atoms with Crippen molar-refractivity contribution in [2.45, 2.75) is 126 Å². The van der Waals surface area contributed by atoms with E-state index in [1.54, 1.807) is 0 Å². The van der Waals surface area contributed by atoms with Crippen LogP contribution in [0.15, 0.2) is 59.8 Å². The van der Waals surface area contributed by atoms with Crippen molar-refractivity contribution in [3.63, 3.8) is 0 Å². The molecule has 0 N–H and O–H groups in total. The van der Waals surface area contributed by atoms with Crippen LogP contribution >= 0.6 is 0 Å². The number of hydrogen-bond donors (Lipinski definition) is 0. The lowest BCUT2D eigenvalue weighted by Gasteiger charge is -2.04. The summed E-state index contributed by atoms with van der Waals surface area (Å²) in [7, 11) is 0. The van der Waals surface area contributed by atoms with Crippen LogP contribution in [0.5, 0.6) is 0 Å². The Kier molecular flexibility index (Phi) is 32.3. The maximum absolute atomic E-state index is 3.60. The molecule has 0 nitrogen and oxygen atoms in total. The molecule has 0 spiro atoms. The van der Waals surface area contributed by atoms with Gasteiger partial charge in [0, 0.05) is 0 Å². The molecule has 0 saturated heterocycles. The number of rotatable bonds is 13. The van der Waals surface area contributed by atoms with Crippen molar-refractivity contribution in [3.8, 4) is 0 Å². The van der Waals surface area contributed by atoms with E-state index in [1.807, 2.05) is 6.08 Å². The van der Waals surface area contributed by atoms with Gasteiger partial charge in [-0.3, -0.25) is 0 Å². The van der Waals surface area contributed by atoms with Gasteiger partial charge in [0.05, 0.1) is 0 Å². The highest BCUT2D eigenvalue weighted by Gasteiger charge is 1.95. The summed E-state index contributed by atoms with van der Waals surface area (Å²) in [5.41, 5.74) is 4.52. The Bertz CT molecular complexity index is 443. The van der Waals surface area contributed by atoms with Crippen molar-refractivity contribution in [3.05, 3.63) is 59.8 Å². The molecule has 0 radical (unpaired) electrons. The van der Waals surface area contributed by atoms with Crippen LogP contribution in [-0.4, -0.2) is 0 Å². The Morgan fingerprint density at radius 1 is 0.759 bits per heavy atom. The van der Waals surface area contributed by atoms with E-state index in [-0.39, 0.29) is 0 Å². The van der Waals surface area contributed by atoms with Crippen LogP contribution in [0.3, 0.4) is 0 Å². The average Bonchev–Trinajstić information content (AvgIpc) is 2.70. The number of hydrogen-bond acceptors (Lipinski definition) is 0. The maximum atomic E-state index is 3.60. The first kappa shape index (κ1) is 32.4. The molecule has 0 aromatic rings. The molecule has 0 saturated carbocycles. The molecule has 0 rings (SSSR count). The van der Waals surface area contributed by atoms with Crippen molar-refractivity contribution in [2.24, 2.45) is 0 Å². The Morgan fingerprint density at radius 3 is 1.79 bits per heavy atom. The maximum Gasteiger partial charge on any atom is -0.0136 e. The summed E-state index contributed by atoms with van der Waals surface area (Å²) >= 11 is 0. The van der Waals surface area contributed by atoms with Crippen LogP contribution in [0.2, 0.25) is 0 Å². The first-order valence-corrected chi connectivity index (χ1v) is 12.2. The van der Waals surface area contributed by atoms with Crippen LogP contribution in [-0.2, 0) is 0 Å². The van der Waals surface area contributed by atoms with E-state index < -0.39 is 0 Å². The van der Waals surface area contributed by atoms with Gasteiger partial charge in [0.1, 0.15) is 0 Å². The first-order chi connectivity index (χ1) is 14.0. The summed E-state index contributed by atoms with van der Waals surface area (Å²) in [6.45, 7) is 21.2. The molecule has 0 aromatic heterocycles. The Balaban J connectivity index is -0.000000460. The minimum absolute atomic E-state index is 1.11. The zero-order chi connectivity index (χ0) is 22.8. The third kappa shape index (κ3) is 31.6. The predicted octanol–water partition coefficient (Wildman–Crippen LogP) is 10.9. The van der Waals surface area contributed by atoms with Crippen molar-refractivity contribution < 1.29 is 0 Å². The summed E-state index contributed by atoms with van der Waals surface area (Å²) in [6, 6.07) is 0. The van der Waals surface area contributed by atoms with Gasteiger partial charge in [0.2, 0.25) is 0 Å². The molecule has 170 valence electrons. The van der Waals surface area contributed by atoms with Gasteiger partial charge < -0.3 is 0 Å². The van der Waals surface area contributed by atoms with E-state index >= 15 is 0 Å². The normalized spacial score (nSPS) is 12.2. The molecule has 0 bridgehead atoms. The largest absolute Gasteiger partial charge is 0.103 e. The SMILES string of the molecule is C=CCCCC.CC=CCCC.CCC=C(C)CC=C(C=C(C)CCC)CCC. The van der Waals surface area contributed by atoms with Crippen molar-refractivity contribution >= 4 is 0 Å². The van der Waals surface area contributed by atoms with E-state index in [4.69, 9.17) is 0 Å². The zero-order valence-electron chi connectivity index (χ0n) is 21.4. The van der Waals surface area contributed by atoms with E-state index in [1.165, 1.54) is 74.5 Å². The second kappa shape index (κ2) is 28.9. The van der Waals surface area contributed by atoms with Crippen molar-refractivity contribution in [1.82, 2.24) is 0 Å². The zero-order valence-corrected chi connectivity index (χ0v) is 21.4. The van der Waals surface area contributed by atoms with Crippen LogP contribution < -0.4 is 0 Å². The first-order valence-electron chi connectivity index (χ1n) is 12.2. The summed E-state index contributed by atoms with van der Waals surface area (Å²) in [6.07, 6.45) is 26.8. The molecule has 0 amide bonds. The van der Waals surface area contributed by atoms with Gasteiger partial charge in [-0.2, -0.15) is 0 Å². The lowest BCUT2D eigenvalue weighted by Crippen LogP contribution is -1.84. The van der Waals surface area contributed by atoms with E-state index in [0.717, 1.165) is 12.8 Å². The summed E-state index contributed by atoms with van der Waals surface area (Å²) in [5.74, 6) is 0. The summed E-state index contributed by atoms with van der Waals surface area (Å²) in [4.78, 5) is 0. The third-order valence-corrected chi connectivity index (χ3v) is 4.31. The molecule has 0 fully saturated rings. The van der Waals surface area contributed by atoms with Gasteiger partial charge >= 0.3 is 0 Å². The summed E-state index contributed by atoms with van der Waals surface area (Å²) in [5, 5.41) is 0. The van der Waals surface area contributed by atoms with Crippen LogP contribution in [0, 0.1) is 0 Å². The van der Waals surface area contributed by atoms with Gasteiger partial charge in [-0.1, -0.05) is 120 Å². The third-order valence-electron chi connectivity index (χ3n) is 4.31. The molecule has 0 unspecified atom stereocenters. The Hall–Kier alpha value is -1.30. The molecule has 0 heteroatoms. The fourth-order valence-corrected chi connectivity index (χ4v) is 2.71. The van der Waals surface area contributed by atoms with E-state index in [9.17, 15) is 0 Å². The van der Waals surface area contributed by atoms with E-state index in [2.05, 4.69) is 92.3 Å². The van der Waals surface area contributed by atoms with Crippen molar-refractivity contribution in [1.29, 1.82) is 0 Å². The number of allylic oxidation sites excluding steroid dienone is 9. The molecule has 0 aliphatic heterocycles. The minimum atomic E-state index is 1.11. The smallest absolute Gasteiger partial charge is 0.0136 e. The topological polar surface area (TPSA) is 0 Å². The minimum Gasteiger partial charge on any atom is -0.103 e. The fraction of sp³-hybridized carbons (Fsp3) is 0.655. The van der Waals surface area contributed by atoms with Gasteiger partial charge in [-0.05, 0) is 59.3 Å². The molecule has 0 aliphatic rings. The molecule has 0 atom stereocenters. The highest BCUT2D eigenvalue weighted by atomic mass is 14.0. The molecule has 29 heavy (non-hydrogen) atoms. The molecular weight excluding hydrogens is 348 g/mol. The highest BCUT2D eigenvalue weighted by molar-refractivity contribution is 5.24. The number of unbranched alkanes of at least 4 members (excludes halogenated alkanes) is 3. The Morgan fingerprint density at radius 2 is 1.41 bits per heavy atom. The van der Waals surface area contributed by atoms with Gasteiger partial charge in [0.15, 0.2) is 0 Å². The molecular formula is C29H54. The monoisotopic (exact) mass is 402 g/mol. The quantitative estimate of drug-likeness (QED) is 0.163. The van der Waals surface area contributed by atoms with E-state index in [0.29, 0.717) is 0 Å². The fourth-order valence-electron chi connectivity index (χ4n) is 2.71. The average molecular weight is 403 g/mol. The highest BCUT2D eigenvalue weighted by Crippen LogP contribution is 2.15.